The van der Waals surface area contributed by atoms with Crippen LogP contribution in [0.25, 0.3) is 32.7 Å². The van der Waals surface area contributed by atoms with Gasteiger partial charge < -0.3 is 28.1 Å². The van der Waals surface area contributed by atoms with Crippen LogP contribution >= 0.6 is 14.3 Å². The average molecular weight is 887 g/mol. The topological polar surface area (TPSA) is 139 Å². The normalized spacial score (nSPS) is 11.5. The second kappa shape index (κ2) is 17.8. The fourth-order valence-electron chi connectivity index (χ4n) is 8.13. The number of ether oxygens (including phenoxy) is 4. The Bertz CT molecular complexity index is 2870. The van der Waals surface area contributed by atoms with Crippen LogP contribution in [0.3, 0.4) is 0 Å². The van der Waals surface area contributed by atoms with Crippen molar-refractivity contribution in [1.29, 1.82) is 0 Å². The van der Waals surface area contributed by atoms with Crippen LogP contribution in [-0.4, -0.2) is 52.3 Å². The van der Waals surface area contributed by atoms with Crippen molar-refractivity contribution in [2.45, 2.75) is 0 Å². The Hall–Kier alpha value is -7.38. The highest BCUT2D eigenvalue weighted by atomic mass is 31.2. The van der Waals surface area contributed by atoms with E-state index in [1.165, 1.54) is 28.4 Å². The Balaban J connectivity index is 1.52. The van der Waals surface area contributed by atoms with Gasteiger partial charge in [-0.2, -0.15) is 0 Å². The molecule has 0 N–H and O–H groups in total. The maximum absolute atomic E-state index is 16.9. The number of benzene rings is 8. The highest BCUT2D eigenvalue weighted by molar-refractivity contribution is 7.86. The molecular weight excluding hydrogens is 847 g/mol. The van der Waals surface area contributed by atoms with Crippen molar-refractivity contribution in [1.82, 2.24) is 0 Å². The molecule has 10 nitrogen and oxygen atoms in total. The van der Waals surface area contributed by atoms with Crippen LogP contribution in [0.15, 0.2) is 170 Å². The summed E-state index contributed by atoms with van der Waals surface area (Å²) in [6, 6.07) is 48.4. The lowest BCUT2D eigenvalue weighted by Gasteiger charge is -2.28. The Morgan fingerprint density at radius 3 is 0.828 bits per heavy atom. The van der Waals surface area contributed by atoms with Crippen molar-refractivity contribution in [2.75, 3.05) is 28.4 Å². The number of esters is 4. The van der Waals surface area contributed by atoms with Gasteiger partial charge in [0.2, 0.25) is 0 Å². The first kappa shape index (κ1) is 43.3. The van der Waals surface area contributed by atoms with Gasteiger partial charge in [-0.25, -0.2) is 19.2 Å². The van der Waals surface area contributed by atoms with Crippen molar-refractivity contribution in [2.24, 2.45) is 0 Å². The third-order valence-electron chi connectivity index (χ3n) is 11.4. The van der Waals surface area contributed by atoms with E-state index in [4.69, 9.17) is 18.9 Å². The molecule has 0 heterocycles. The number of fused-ring (bicyclic) bond motifs is 2. The Morgan fingerprint density at radius 1 is 0.328 bits per heavy atom. The van der Waals surface area contributed by atoms with E-state index in [0.717, 1.165) is 10.8 Å². The van der Waals surface area contributed by atoms with Gasteiger partial charge in [-0.3, -0.25) is 0 Å². The van der Waals surface area contributed by atoms with E-state index < -0.39 is 38.2 Å². The van der Waals surface area contributed by atoms with Gasteiger partial charge in [0.15, 0.2) is 14.3 Å². The molecule has 0 aliphatic carbocycles. The van der Waals surface area contributed by atoms with Crippen molar-refractivity contribution in [3.63, 3.8) is 0 Å². The third kappa shape index (κ3) is 7.51. The lowest BCUT2D eigenvalue weighted by Crippen LogP contribution is -2.30. The van der Waals surface area contributed by atoms with Crippen LogP contribution in [0.1, 0.15) is 41.4 Å². The van der Waals surface area contributed by atoms with Crippen LogP contribution in [0.2, 0.25) is 0 Å². The molecule has 0 bridgehead atoms. The molecular formula is C52H40O10P2. The molecule has 0 aliphatic heterocycles. The molecule has 0 atom stereocenters. The zero-order valence-electron chi connectivity index (χ0n) is 35.1. The van der Waals surface area contributed by atoms with Crippen LogP contribution in [0.5, 0.6) is 0 Å². The van der Waals surface area contributed by atoms with Gasteiger partial charge in [0.05, 0.1) is 50.7 Å². The Labute approximate surface area is 369 Å². The van der Waals surface area contributed by atoms with E-state index >= 15 is 9.13 Å². The second-order valence-electron chi connectivity index (χ2n) is 14.7. The summed E-state index contributed by atoms with van der Waals surface area (Å²) < 4.78 is 53.7. The Kier molecular flexibility index (Phi) is 12.0. The second-order valence-corrected chi connectivity index (χ2v) is 20.2. The molecule has 0 amide bonds. The molecule has 318 valence electrons. The molecule has 8 aromatic rings. The van der Waals surface area contributed by atoms with Gasteiger partial charge in [0.25, 0.3) is 0 Å². The van der Waals surface area contributed by atoms with Gasteiger partial charge in [-0.1, -0.05) is 109 Å². The number of carbonyl (C=O) groups is 4. The molecule has 0 radical (unpaired) electrons. The van der Waals surface area contributed by atoms with Crippen LogP contribution in [-0.2, 0) is 28.1 Å². The first-order valence-corrected chi connectivity index (χ1v) is 23.4. The molecule has 0 aromatic heterocycles. The van der Waals surface area contributed by atoms with E-state index in [2.05, 4.69) is 0 Å². The number of methoxy groups -OCH3 is 4. The number of hydrogen-bond acceptors (Lipinski definition) is 10. The van der Waals surface area contributed by atoms with Crippen LogP contribution in [0, 0.1) is 0 Å². The highest BCUT2D eigenvalue weighted by Gasteiger charge is 2.39. The summed E-state index contributed by atoms with van der Waals surface area (Å²) in [5.41, 5.74) is 2.11. The van der Waals surface area contributed by atoms with Gasteiger partial charge >= 0.3 is 23.9 Å². The maximum Gasteiger partial charge on any atom is 0.337 e. The monoisotopic (exact) mass is 886 g/mol. The first-order valence-electron chi connectivity index (χ1n) is 20.0. The zero-order chi connectivity index (χ0) is 45.2. The molecule has 64 heavy (non-hydrogen) atoms. The summed E-state index contributed by atoms with van der Waals surface area (Å²) in [5, 5.41) is 5.36. The predicted molar refractivity (Wildman–Crippen MR) is 251 cm³/mol. The minimum atomic E-state index is -4.03. The SMILES string of the molecule is COC(=O)c1ccc(P(=O)(c2ccc(C(=O)OC)cc2)c2ccc3ccccc3c2-c2c(P(=O)(c3ccc(C(=O)OC)cc3)c3ccc(C(=O)OC)cc3)ccc3ccccc23)cc1. The summed E-state index contributed by atoms with van der Waals surface area (Å²) in [6.07, 6.45) is 0. The van der Waals surface area contributed by atoms with Crippen molar-refractivity contribution in [3.05, 3.63) is 192 Å². The number of carbonyl (C=O) groups excluding carboxylic acids is 4. The molecule has 0 unspecified atom stereocenters. The molecule has 0 spiro atoms. The number of hydrogen-bond donors (Lipinski definition) is 0. The molecule has 0 saturated carbocycles. The summed E-state index contributed by atoms with van der Waals surface area (Å²) >= 11 is 0. The molecule has 0 fully saturated rings. The summed E-state index contributed by atoms with van der Waals surface area (Å²) in [7, 11) is -2.93. The Morgan fingerprint density at radius 2 is 0.578 bits per heavy atom. The van der Waals surface area contributed by atoms with Crippen molar-refractivity contribution >= 4 is 91.5 Å². The zero-order valence-corrected chi connectivity index (χ0v) is 36.9. The van der Waals surface area contributed by atoms with Crippen LogP contribution < -0.4 is 31.8 Å². The van der Waals surface area contributed by atoms with Gasteiger partial charge in [0, 0.05) is 43.0 Å². The molecule has 8 rings (SSSR count). The standard InChI is InChI=1S/C52H40O10P2/c1-59-49(53)35-13-23-39(24-14-35)63(57,40-25-15-36(16-26-40)50(54)60-2)45-31-21-33-9-5-7-11-43(33)47(45)48-44-12-8-6-10-34(44)22-32-46(48)64(58,41-27-17-37(18-28-41)51(55)61-3)42-29-19-38(20-30-42)52(56)62-4/h5-32H,1-4H3. The van der Waals surface area contributed by atoms with Gasteiger partial charge in [0.1, 0.15) is 0 Å². The summed E-state index contributed by atoms with van der Waals surface area (Å²) in [6.45, 7) is 0. The average Bonchev–Trinajstić information content (AvgIpc) is 3.36. The van der Waals surface area contributed by atoms with Crippen LogP contribution in [0.4, 0.5) is 0 Å². The molecule has 0 aliphatic rings. The summed E-state index contributed by atoms with van der Waals surface area (Å²) in [4.78, 5) is 50.6. The lowest BCUT2D eigenvalue weighted by atomic mass is 9.93. The largest absolute Gasteiger partial charge is 0.465 e. The summed E-state index contributed by atoms with van der Waals surface area (Å²) in [5.74, 6) is -2.26. The van der Waals surface area contributed by atoms with E-state index in [0.29, 0.717) is 53.7 Å². The van der Waals surface area contributed by atoms with E-state index in [-0.39, 0.29) is 22.3 Å². The van der Waals surface area contributed by atoms with E-state index in [9.17, 15) is 19.2 Å². The highest BCUT2D eigenvalue weighted by Crippen LogP contribution is 2.52. The maximum atomic E-state index is 16.9. The molecule has 0 saturated heterocycles. The van der Waals surface area contributed by atoms with Gasteiger partial charge in [-0.05, 0) is 82.2 Å². The smallest absolute Gasteiger partial charge is 0.337 e. The van der Waals surface area contributed by atoms with Crippen molar-refractivity contribution in [3.8, 4) is 11.1 Å². The van der Waals surface area contributed by atoms with E-state index in [1.54, 1.807) is 97.1 Å². The molecule has 8 aromatic carbocycles. The van der Waals surface area contributed by atoms with Gasteiger partial charge in [-0.15, -0.1) is 0 Å². The quantitative estimate of drug-likeness (QED) is 0.0712. The minimum absolute atomic E-state index is 0.256. The third-order valence-corrected chi connectivity index (χ3v) is 17.6. The minimum Gasteiger partial charge on any atom is -0.465 e. The fraction of sp³-hybridized carbons (Fsp3) is 0.0769. The molecule has 12 heteroatoms. The van der Waals surface area contributed by atoms with E-state index in [1.807, 2.05) is 72.8 Å². The first-order chi connectivity index (χ1) is 31.0. The fourth-order valence-corrected chi connectivity index (χ4v) is 13.8. The predicted octanol–water partition coefficient (Wildman–Crippen LogP) is 8.09. The van der Waals surface area contributed by atoms with Crippen molar-refractivity contribution < 1.29 is 47.3 Å². The number of rotatable bonds is 11. The lowest BCUT2D eigenvalue weighted by molar-refractivity contribution is 0.0592.